The first kappa shape index (κ1) is 18.0. The molecule has 4 fully saturated rings. The normalized spacial score (nSPS) is 53.1. The highest BCUT2D eigenvalue weighted by molar-refractivity contribution is 5.84. The number of carbonyl (C=O) groups excluding carboxylic acids is 1. The molecule has 3 nitrogen and oxygen atoms in total. The molecular formula is C22H36O3. The molecule has 0 radical (unpaired) electrons. The van der Waals surface area contributed by atoms with E-state index in [4.69, 9.17) is 0 Å². The number of hydrogen-bond acceptors (Lipinski definition) is 3. The highest BCUT2D eigenvalue weighted by Gasteiger charge is 2.64. The van der Waals surface area contributed by atoms with Crippen LogP contribution < -0.4 is 0 Å². The highest BCUT2D eigenvalue weighted by atomic mass is 16.3. The molecule has 25 heavy (non-hydrogen) atoms. The van der Waals surface area contributed by atoms with E-state index in [-0.39, 0.29) is 28.8 Å². The van der Waals surface area contributed by atoms with Gasteiger partial charge in [0.05, 0.1) is 11.7 Å². The quantitative estimate of drug-likeness (QED) is 0.754. The van der Waals surface area contributed by atoms with E-state index in [0.717, 1.165) is 32.1 Å². The minimum absolute atomic E-state index is 0.0339. The van der Waals surface area contributed by atoms with Gasteiger partial charge in [0.2, 0.25) is 0 Å². The van der Waals surface area contributed by atoms with Gasteiger partial charge in [-0.25, -0.2) is 0 Å². The van der Waals surface area contributed by atoms with Crippen molar-refractivity contribution in [3.05, 3.63) is 0 Å². The molecule has 0 saturated heterocycles. The van der Waals surface area contributed by atoms with Gasteiger partial charge in [0, 0.05) is 12.3 Å². The average molecular weight is 349 g/mol. The van der Waals surface area contributed by atoms with Gasteiger partial charge in [-0.3, -0.25) is 4.79 Å². The summed E-state index contributed by atoms with van der Waals surface area (Å²) in [6.07, 6.45) is 7.78. The third kappa shape index (κ3) is 2.48. The second-order valence-corrected chi connectivity index (χ2v) is 10.9. The smallest absolute Gasteiger partial charge is 0.137 e. The summed E-state index contributed by atoms with van der Waals surface area (Å²) in [7, 11) is 0. The standard InChI is InChI=1S/C22H36O3/c1-20(2,25)18-8-7-16-15-6-5-13-11-14(23)9-10-21(13,3)19(15)17(24)12-22(16,18)4/h13-16,18-19,23,25H,5-12H2,1-4H3/t13?,14?,15-,16-,18+,19+,21-,22-/m0/s1. The minimum atomic E-state index is -0.702. The van der Waals surface area contributed by atoms with E-state index in [1.807, 2.05) is 13.8 Å². The van der Waals surface area contributed by atoms with E-state index in [1.54, 1.807) is 0 Å². The first-order valence-electron chi connectivity index (χ1n) is 10.5. The SMILES string of the molecule is CC(C)(O)[C@H]1CC[C@H]2[C@@H]3CCC4CC(O)CC[C@]4(C)[C@H]3C(=O)C[C@]12C. The molecule has 0 aromatic rings. The fraction of sp³-hybridized carbons (Fsp3) is 0.955. The van der Waals surface area contributed by atoms with Crippen LogP contribution in [0.2, 0.25) is 0 Å². The Hall–Kier alpha value is -0.410. The Kier molecular flexibility index (Phi) is 3.99. The topological polar surface area (TPSA) is 57.5 Å². The molecule has 2 N–H and O–H groups in total. The Labute approximate surface area is 152 Å². The van der Waals surface area contributed by atoms with Crippen molar-refractivity contribution in [1.29, 1.82) is 0 Å². The zero-order valence-electron chi connectivity index (χ0n) is 16.4. The molecule has 4 aliphatic carbocycles. The fourth-order valence-corrected chi connectivity index (χ4v) is 8.21. The molecule has 142 valence electrons. The number of ketones is 1. The van der Waals surface area contributed by atoms with E-state index in [0.29, 0.717) is 30.0 Å². The first-order valence-corrected chi connectivity index (χ1v) is 10.5. The summed E-state index contributed by atoms with van der Waals surface area (Å²) in [5.74, 6) is 2.47. The number of carbonyl (C=O) groups is 1. The van der Waals surface area contributed by atoms with Gasteiger partial charge in [-0.1, -0.05) is 13.8 Å². The number of fused-ring (bicyclic) bond motifs is 5. The number of Topliss-reactive ketones (excluding diaryl/α,β-unsaturated/α-hetero) is 1. The lowest BCUT2D eigenvalue weighted by molar-refractivity contribution is -0.166. The summed E-state index contributed by atoms with van der Waals surface area (Å²) in [6.45, 7) is 8.51. The lowest BCUT2D eigenvalue weighted by Crippen LogP contribution is -2.58. The van der Waals surface area contributed by atoms with Gasteiger partial charge in [0.1, 0.15) is 5.78 Å². The van der Waals surface area contributed by atoms with E-state index < -0.39 is 5.60 Å². The van der Waals surface area contributed by atoms with Crippen molar-refractivity contribution in [2.45, 2.75) is 90.8 Å². The van der Waals surface area contributed by atoms with Crippen LogP contribution in [0.15, 0.2) is 0 Å². The van der Waals surface area contributed by atoms with E-state index in [9.17, 15) is 15.0 Å². The average Bonchev–Trinajstić information content (AvgIpc) is 2.84. The predicted molar refractivity (Wildman–Crippen MR) is 97.9 cm³/mol. The van der Waals surface area contributed by atoms with Crippen molar-refractivity contribution in [2.24, 2.45) is 40.4 Å². The molecule has 8 atom stereocenters. The molecule has 4 rings (SSSR count). The Morgan fingerprint density at radius 2 is 1.76 bits per heavy atom. The lowest BCUT2D eigenvalue weighted by Gasteiger charge is -2.60. The van der Waals surface area contributed by atoms with Gasteiger partial charge in [0.25, 0.3) is 0 Å². The molecule has 4 aliphatic rings. The van der Waals surface area contributed by atoms with Gasteiger partial charge < -0.3 is 10.2 Å². The van der Waals surface area contributed by atoms with Crippen molar-refractivity contribution in [3.63, 3.8) is 0 Å². The van der Waals surface area contributed by atoms with Crippen molar-refractivity contribution in [3.8, 4) is 0 Å². The van der Waals surface area contributed by atoms with Crippen LogP contribution in [0.3, 0.4) is 0 Å². The third-order valence-electron chi connectivity index (χ3n) is 9.17. The van der Waals surface area contributed by atoms with Crippen LogP contribution in [0.5, 0.6) is 0 Å². The van der Waals surface area contributed by atoms with Crippen LogP contribution in [0.1, 0.15) is 79.1 Å². The van der Waals surface area contributed by atoms with Crippen molar-refractivity contribution in [1.82, 2.24) is 0 Å². The molecule has 3 heteroatoms. The van der Waals surface area contributed by atoms with Crippen LogP contribution in [-0.4, -0.2) is 27.7 Å². The second-order valence-electron chi connectivity index (χ2n) is 10.9. The Balaban J connectivity index is 1.68. The van der Waals surface area contributed by atoms with E-state index >= 15 is 0 Å². The zero-order chi connectivity index (χ0) is 18.2. The largest absolute Gasteiger partial charge is 0.393 e. The molecular weight excluding hydrogens is 312 g/mol. The van der Waals surface area contributed by atoms with Crippen molar-refractivity contribution in [2.75, 3.05) is 0 Å². The van der Waals surface area contributed by atoms with Gasteiger partial charge in [-0.2, -0.15) is 0 Å². The molecule has 0 heterocycles. The third-order valence-corrected chi connectivity index (χ3v) is 9.17. The van der Waals surface area contributed by atoms with E-state index in [1.165, 1.54) is 12.8 Å². The molecule has 0 aromatic heterocycles. The van der Waals surface area contributed by atoms with E-state index in [2.05, 4.69) is 13.8 Å². The Bertz CT molecular complexity index is 564. The Morgan fingerprint density at radius 3 is 2.44 bits per heavy atom. The van der Waals surface area contributed by atoms with Crippen LogP contribution in [0.25, 0.3) is 0 Å². The maximum absolute atomic E-state index is 13.4. The van der Waals surface area contributed by atoms with Crippen molar-refractivity contribution < 1.29 is 15.0 Å². The molecule has 0 aliphatic heterocycles. The monoisotopic (exact) mass is 348 g/mol. The number of hydrogen-bond donors (Lipinski definition) is 2. The predicted octanol–water partition coefficient (Wildman–Crippen LogP) is 3.96. The molecule has 0 aromatic carbocycles. The number of rotatable bonds is 1. The maximum Gasteiger partial charge on any atom is 0.137 e. The van der Waals surface area contributed by atoms with Crippen LogP contribution in [0.4, 0.5) is 0 Å². The van der Waals surface area contributed by atoms with Gasteiger partial charge >= 0.3 is 0 Å². The molecule has 2 unspecified atom stereocenters. The molecule has 0 bridgehead atoms. The van der Waals surface area contributed by atoms with Crippen molar-refractivity contribution >= 4 is 5.78 Å². The van der Waals surface area contributed by atoms with Gasteiger partial charge in [0.15, 0.2) is 0 Å². The van der Waals surface area contributed by atoms with Crippen LogP contribution in [0, 0.1) is 40.4 Å². The summed E-state index contributed by atoms with van der Waals surface area (Å²) in [4.78, 5) is 13.4. The van der Waals surface area contributed by atoms with Gasteiger partial charge in [-0.05, 0) is 93.3 Å². The van der Waals surface area contributed by atoms with Crippen LogP contribution >= 0.6 is 0 Å². The number of aliphatic hydroxyl groups excluding tert-OH is 1. The summed E-state index contributed by atoms with van der Waals surface area (Å²) in [5.41, 5.74) is -0.645. The molecule has 4 saturated carbocycles. The highest BCUT2D eigenvalue weighted by Crippen LogP contribution is 2.67. The Morgan fingerprint density at radius 1 is 1.04 bits per heavy atom. The summed E-state index contributed by atoms with van der Waals surface area (Å²) < 4.78 is 0. The second kappa shape index (κ2) is 5.55. The molecule has 0 amide bonds. The number of aliphatic hydroxyl groups is 2. The van der Waals surface area contributed by atoms with Gasteiger partial charge in [-0.15, -0.1) is 0 Å². The minimum Gasteiger partial charge on any atom is -0.393 e. The first-order chi connectivity index (χ1) is 11.6. The maximum atomic E-state index is 13.4. The summed E-state index contributed by atoms with van der Waals surface area (Å²) >= 11 is 0. The van der Waals surface area contributed by atoms with Crippen LogP contribution in [-0.2, 0) is 4.79 Å². The molecule has 0 spiro atoms. The lowest BCUT2D eigenvalue weighted by atomic mass is 9.44. The zero-order valence-corrected chi connectivity index (χ0v) is 16.4. The fourth-order valence-electron chi connectivity index (χ4n) is 8.21. The summed E-state index contributed by atoms with van der Waals surface area (Å²) in [5, 5.41) is 20.9. The summed E-state index contributed by atoms with van der Waals surface area (Å²) in [6, 6.07) is 0.